The molecular formula is C19H20FN5O3S. The summed E-state index contributed by atoms with van der Waals surface area (Å²) in [5, 5.41) is 4.06. The highest BCUT2D eigenvalue weighted by Crippen LogP contribution is 2.20. The number of hydrogen-bond donors (Lipinski definition) is 1. The first-order valence-electron chi connectivity index (χ1n) is 8.74. The predicted octanol–water partition coefficient (Wildman–Crippen LogP) is 1.90. The Morgan fingerprint density at radius 3 is 2.41 bits per heavy atom. The fourth-order valence-corrected chi connectivity index (χ4v) is 3.64. The van der Waals surface area contributed by atoms with Crippen LogP contribution in [0.5, 0.6) is 0 Å². The summed E-state index contributed by atoms with van der Waals surface area (Å²) >= 11 is 0. The molecule has 1 N–H and O–H groups in total. The number of aromatic nitrogens is 3. The van der Waals surface area contributed by atoms with Gasteiger partial charge < -0.3 is 4.90 Å². The van der Waals surface area contributed by atoms with Crippen LogP contribution in [0.1, 0.15) is 18.5 Å². The van der Waals surface area contributed by atoms with Gasteiger partial charge in [-0.3, -0.25) is 4.79 Å². The summed E-state index contributed by atoms with van der Waals surface area (Å²) in [7, 11) is -2.30. The number of carbonyl (C=O) groups is 1. The standard InChI is InChI=1S/C19H20FN5O3S/c1-14(15-3-7-17(8-4-15)25-13-21-12-22-25)24(2)19(26)11-23-29(27,28)18-9-5-16(20)6-10-18/h3-10,12-14,23H,11H2,1-2H3/t14-/m1/s1. The van der Waals surface area contributed by atoms with Gasteiger partial charge in [0.25, 0.3) is 0 Å². The molecule has 2 aromatic carbocycles. The second kappa shape index (κ2) is 8.50. The molecule has 3 rings (SSSR count). The maximum absolute atomic E-state index is 13.0. The molecule has 1 aromatic heterocycles. The second-order valence-electron chi connectivity index (χ2n) is 6.39. The number of benzene rings is 2. The van der Waals surface area contributed by atoms with Crippen molar-refractivity contribution >= 4 is 15.9 Å². The number of sulfonamides is 1. The van der Waals surface area contributed by atoms with Gasteiger partial charge in [-0.15, -0.1) is 0 Å². The van der Waals surface area contributed by atoms with E-state index in [0.717, 1.165) is 35.5 Å². The van der Waals surface area contributed by atoms with Crippen LogP contribution >= 0.6 is 0 Å². The van der Waals surface area contributed by atoms with Gasteiger partial charge in [-0.05, 0) is 48.9 Å². The van der Waals surface area contributed by atoms with Gasteiger partial charge in [0.15, 0.2) is 0 Å². The minimum atomic E-state index is -3.91. The zero-order valence-electron chi connectivity index (χ0n) is 15.9. The van der Waals surface area contributed by atoms with Crippen molar-refractivity contribution in [2.45, 2.75) is 17.9 Å². The van der Waals surface area contributed by atoms with E-state index in [9.17, 15) is 17.6 Å². The SMILES string of the molecule is C[C@H](c1ccc(-n2cncn2)cc1)N(C)C(=O)CNS(=O)(=O)c1ccc(F)cc1. The van der Waals surface area contributed by atoms with E-state index in [1.807, 2.05) is 31.2 Å². The van der Waals surface area contributed by atoms with E-state index in [1.54, 1.807) is 18.1 Å². The highest BCUT2D eigenvalue weighted by atomic mass is 32.2. The number of halogens is 1. The molecule has 1 atom stereocenters. The predicted molar refractivity (Wildman–Crippen MR) is 104 cm³/mol. The molecular weight excluding hydrogens is 397 g/mol. The molecule has 1 amide bonds. The molecule has 0 saturated carbocycles. The second-order valence-corrected chi connectivity index (χ2v) is 8.16. The lowest BCUT2D eigenvalue weighted by molar-refractivity contribution is -0.130. The monoisotopic (exact) mass is 417 g/mol. The molecule has 10 heteroatoms. The first-order valence-corrected chi connectivity index (χ1v) is 10.2. The Labute approximate surface area is 168 Å². The Morgan fingerprint density at radius 1 is 1.17 bits per heavy atom. The minimum Gasteiger partial charge on any atom is -0.338 e. The van der Waals surface area contributed by atoms with E-state index < -0.39 is 28.3 Å². The molecule has 29 heavy (non-hydrogen) atoms. The summed E-state index contributed by atoms with van der Waals surface area (Å²) in [6.07, 6.45) is 3.03. The molecule has 0 spiro atoms. The molecule has 0 aliphatic heterocycles. The number of likely N-dealkylation sites (N-methyl/N-ethyl adjacent to an activating group) is 1. The van der Waals surface area contributed by atoms with Gasteiger partial charge in [-0.1, -0.05) is 12.1 Å². The van der Waals surface area contributed by atoms with Crippen LogP contribution in [-0.2, 0) is 14.8 Å². The zero-order valence-corrected chi connectivity index (χ0v) is 16.7. The van der Waals surface area contributed by atoms with Gasteiger partial charge in [0.05, 0.1) is 23.2 Å². The Kier molecular flexibility index (Phi) is 6.04. The van der Waals surface area contributed by atoms with Crippen molar-refractivity contribution in [2.75, 3.05) is 13.6 Å². The third kappa shape index (κ3) is 4.84. The van der Waals surface area contributed by atoms with Crippen molar-refractivity contribution < 1.29 is 17.6 Å². The molecule has 0 aliphatic carbocycles. The van der Waals surface area contributed by atoms with Gasteiger partial charge in [0.1, 0.15) is 18.5 Å². The molecule has 1 heterocycles. The third-order valence-corrected chi connectivity index (χ3v) is 5.99. The van der Waals surface area contributed by atoms with Crippen LogP contribution in [0.15, 0.2) is 66.1 Å². The number of carbonyl (C=O) groups excluding carboxylic acids is 1. The number of nitrogens with zero attached hydrogens (tertiary/aromatic N) is 4. The molecule has 0 radical (unpaired) electrons. The zero-order chi connectivity index (χ0) is 21.0. The highest BCUT2D eigenvalue weighted by molar-refractivity contribution is 7.89. The van der Waals surface area contributed by atoms with Crippen molar-refractivity contribution in [3.05, 3.63) is 72.6 Å². The third-order valence-electron chi connectivity index (χ3n) is 4.57. The normalized spacial score (nSPS) is 12.5. The van der Waals surface area contributed by atoms with Gasteiger partial charge in [0.2, 0.25) is 15.9 Å². The molecule has 152 valence electrons. The van der Waals surface area contributed by atoms with Crippen LogP contribution < -0.4 is 4.72 Å². The Morgan fingerprint density at radius 2 is 1.83 bits per heavy atom. The average Bonchev–Trinajstić information content (AvgIpc) is 3.26. The van der Waals surface area contributed by atoms with Crippen molar-refractivity contribution in [1.82, 2.24) is 24.4 Å². The smallest absolute Gasteiger partial charge is 0.241 e. The van der Waals surface area contributed by atoms with E-state index in [4.69, 9.17) is 0 Å². The number of rotatable bonds is 7. The summed E-state index contributed by atoms with van der Waals surface area (Å²) in [5.74, 6) is -0.938. The summed E-state index contributed by atoms with van der Waals surface area (Å²) in [5.41, 5.74) is 1.71. The van der Waals surface area contributed by atoms with Crippen molar-refractivity contribution in [3.8, 4) is 5.69 Å². The Bertz CT molecular complexity index is 1070. The maximum atomic E-state index is 13.0. The molecule has 0 aliphatic rings. The van der Waals surface area contributed by atoms with Crippen LogP contribution in [0.3, 0.4) is 0 Å². The van der Waals surface area contributed by atoms with Gasteiger partial charge >= 0.3 is 0 Å². The van der Waals surface area contributed by atoms with Crippen molar-refractivity contribution in [3.63, 3.8) is 0 Å². The first kappa shape index (κ1) is 20.6. The summed E-state index contributed by atoms with van der Waals surface area (Å²) < 4.78 is 41.3. The van der Waals surface area contributed by atoms with E-state index in [2.05, 4.69) is 14.8 Å². The van der Waals surface area contributed by atoms with Crippen LogP contribution in [0.2, 0.25) is 0 Å². The molecule has 0 saturated heterocycles. The first-order chi connectivity index (χ1) is 13.8. The lowest BCUT2D eigenvalue weighted by Gasteiger charge is -2.25. The summed E-state index contributed by atoms with van der Waals surface area (Å²) in [6.45, 7) is 1.44. The lowest BCUT2D eigenvalue weighted by Crippen LogP contribution is -2.39. The Hall–Kier alpha value is -3.11. The number of amides is 1. The summed E-state index contributed by atoms with van der Waals surface area (Å²) in [4.78, 5) is 17.7. The number of hydrogen-bond acceptors (Lipinski definition) is 5. The van der Waals surface area contributed by atoms with Crippen LogP contribution in [0.4, 0.5) is 4.39 Å². The van der Waals surface area contributed by atoms with Gasteiger partial charge in [-0.25, -0.2) is 27.2 Å². The lowest BCUT2D eigenvalue weighted by atomic mass is 10.1. The largest absolute Gasteiger partial charge is 0.338 e. The van der Waals surface area contributed by atoms with Crippen molar-refractivity contribution in [2.24, 2.45) is 0 Å². The van der Waals surface area contributed by atoms with Crippen LogP contribution in [0.25, 0.3) is 5.69 Å². The van der Waals surface area contributed by atoms with Crippen LogP contribution in [0, 0.1) is 5.82 Å². The minimum absolute atomic E-state index is 0.105. The maximum Gasteiger partial charge on any atom is 0.241 e. The van der Waals surface area contributed by atoms with Crippen molar-refractivity contribution in [1.29, 1.82) is 0 Å². The molecule has 0 fully saturated rings. The van der Waals surface area contributed by atoms with Gasteiger partial charge in [0, 0.05) is 7.05 Å². The molecule has 0 bridgehead atoms. The van der Waals surface area contributed by atoms with E-state index in [-0.39, 0.29) is 10.9 Å². The van der Waals surface area contributed by atoms with E-state index in [1.165, 1.54) is 11.2 Å². The molecule has 0 unspecified atom stereocenters. The summed E-state index contributed by atoms with van der Waals surface area (Å²) in [6, 6.07) is 11.6. The number of nitrogens with one attached hydrogen (secondary N) is 1. The Balaban J connectivity index is 1.62. The average molecular weight is 417 g/mol. The quantitative estimate of drug-likeness (QED) is 0.633. The topological polar surface area (TPSA) is 97.2 Å². The highest BCUT2D eigenvalue weighted by Gasteiger charge is 2.21. The van der Waals surface area contributed by atoms with E-state index >= 15 is 0 Å². The fraction of sp³-hybridized carbons (Fsp3) is 0.211. The van der Waals surface area contributed by atoms with Gasteiger partial charge in [-0.2, -0.15) is 5.10 Å². The molecule has 8 nitrogen and oxygen atoms in total. The molecule has 3 aromatic rings. The fourth-order valence-electron chi connectivity index (χ4n) is 2.67. The van der Waals surface area contributed by atoms with E-state index in [0.29, 0.717) is 0 Å². The van der Waals surface area contributed by atoms with Crippen LogP contribution in [-0.4, -0.2) is 47.6 Å².